The Morgan fingerprint density at radius 2 is 1.70 bits per heavy atom. The van der Waals surface area contributed by atoms with Gasteiger partial charge in [-0.25, -0.2) is 4.58 Å². The van der Waals surface area contributed by atoms with Gasteiger partial charge in [0.25, 0.3) is 0 Å². The van der Waals surface area contributed by atoms with E-state index in [0.29, 0.717) is 0 Å². The molecule has 20 heavy (non-hydrogen) atoms. The molecule has 2 aliphatic rings. The number of anilines is 1. The van der Waals surface area contributed by atoms with Crippen molar-refractivity contribution in [2.75, 3.05) is 37.3 Å². The fourth-order valence-corrected chi connectivity index (χ4v) is 4.31. The molecule has 0 atom stereocenters. The van der Waals surface area contributed by atoms with Gasteiger partial charge in [0.15, 0.2) is 4.34 Å². The molecule has 0 N–H and O–H groups in total. The molecule has 0 unspecified atom stereocenters. The number of thioether (sulfide) groups is 1. The van der Waals surface area contributed by atoms with Crippen molar-refractivity contribution >= 4 is 29.0 Å². The minimum absolute atomic E-state index is 0.952. The highest BCUT2D eigenvalue weighted by Crippen LogP contribution is 2.19. The number of aromatic nitrogens is 2. The van der Waals surface area contributed by atoms with Crippen molar-refractivity contribution in [3.63, 3.8) is 0 Å². The van der Waals surface area contributed by atoms with Crippen molar-refractivity contribution < 1.29 is 0 Å². The molecule has 2 aliphatic heterocycles. The van der Waals surface area contributed by atoms with Crippen LogP contribution >= 0.6 is 23.1 Å². The van der Waals surface area contributed by atoms with E-state index in [4.69, 9.17) is 9.97 Å². The zero-order chi connectivity index (χ0) is 13.8. The third kappa shape index (κ3) is 3.34. The lowest BCUT2D eigenvalue weighted by atomic mass is 10.1. The highest BCUT2D eigenvalue weighted by Gasteiger charge is 2.21. The molecule has 1 aromatic heterocycles. The molecule has 3 rings (SSSR count). The van der Waals surface area contributed by atoms with Crippen LogP contribution in [0.3, 0.4) is 0 Å². The Kier molecular flexibility index (Phi) is 4.94. The van der Waals surface area contributed by atoms with Crippen LogP contribution in [0.15, 0.2) is 4.34 Å². The van der Waals surface area contributed by atoms with Gasteiger partial charge < -0.3 is 4.90 Å². The molecule has 2 saturated heterocycles. The van der Waals surface area contributed by atoms with E-state index in [-0.39, 0.29) is 0 Å². The number of hydrogen-bond acceptors (Lipinski definition) is 5. The highest BCUT2D eigenvalue weighted by molar-refractivity contribution is 8.00. The van der Waals surface area contributed by atoms with Gasteiger partial charge in [0, 0.05) is 18.1 Å². The summed E-state index contributed by atoms with van der Waals surface area (Å²) >= 11 is 3.49. The minimum atomic E-state index is 0.952. The zero-order valence-electron chi connectivity index (χ0n) is 12.2. The van der Waals surface area contributed by atoms with Crippen molar-refractivity contribution in [2.45, 2.75) is 42.9 Å². The molecule has 1 aromatic rings. The zero-order valence-corrected chi connectivity index (χ0v) is 13.8. The van der Waals surface area contributed by atoms with Crippen LogP contribution in [-0.2, 0) is 0 Å². The van der Waals surface area contributed by atoms with Gasteiger partial charge >= 0.3 is 10.7 Å². The van der Waals surface area contributed by atoms with E-state index in [9.17, 15) is 0 Å². The average Bonchev–Trinajstić information content (AvgIpc) is 2.56. The predicted molar refractivity (Wildman–Crippen MR) is 86.6 cm³/mol. The first-order valence-corrected chi connectivity index (χ1v) is 9.67. The Morgan fingerprint density at radius 3 is 2.40 bits per heavy atom. The summed E-state index contributed by atoms with van der Waals surface area (Å²) in [7, 11) is 0. The van der Waals surface area contributed by atoms with Gasteiger partial charge in [-0.15, -0.1) is 0 Å². The summed E-state index contributed by atoms with van der Waals surface area (Å²) in [6.07, 6.45) is 9.96. The summed E-state index contributed by atoms with van der Waals surface area (Å²) in [6.45, 7) is 4.53. The van der Waals surface area contributed by atoms with Gasteiger partial charge in [0.2, 0.25) is 0 Å². The number of hydrogen-bond donors (Lipinski definition) is 0. The van der Waals surface area contributed by atoms with Crippen LogP contribution in [0.1, 0.15) is 38.5 Å². The van der Waals surface area contributed by atoms with Crippen molar-refractivity contribution in [3.8, 4) is 0 Å². The van der Waals surface area contributed by atoms with E-state index in [1.807, 2.05) is 0 Å². The highest BCUT2D eigenvalue weighted by atomic mass is 32.2. The standard InChI is InChI=1S/C14H23N4S2/c1-19-14-16-12(17-8-4-2-5-9-17)15-13(20-14)18-10-6-3-7-11-18/h2-11H2,1H3/q+1. The van der Waals surface area contributed by atoms with E-state index >= 15 is 0 Å². The van der Waals surface area contributed by atoms with Crippen LogP contribution in [0.25, 0.3) is 0 Å². The van der Waals surface area contributed by atoms with Crippen LogP contribution in [0.2, 0.25) is 0 Å². The third-order valence-electron chi connectivity index (χ3n) is 4.01. The molecule has 6 heteroatoms. The smallest absolute Gasteiger partial charge is 0.319 e. The lowest BCUT2D eigenvalue weighted by Crippen LogP contribution is -2.38. The van der Waals surface area contributed by atoms with E-state index < -0.39 is 0 Å². The molecular formula is C14H23N4S2+. The van der Waals surface area contributed by atoms with Gasteiger partial charge in [-0.1, -0.05) is 11.8 Å². The second-order valence-electron chi connectivity index (χ2n) is 5.47. The van der Waals surface area contributed by atoms with Crippen molar-refractivity contribution in [2.24, 2.45) is 0 Å². The Balaban J connectivity index is 1.97. The molecule has 3 heterocycles. The SMILES string of the molecule is CSc1nc(N2CCCCC2)nc(=[N+]2CCCCC2)s1. The first kappa shape index (κ1) is 14.3. The monoisotopic (exact) mass is 311 g/mol. The molecule has 0 aliphatic carbocycles. The summed E-state index contributed by atoms with van der Waals surface area (Å²) in [5, 5.41) is 0. The van der Waals surface area contributed by atoms with Gasteiger partial charge in [0.05, 0.1) is 13.1 Å². The van der Waals surface area contributed by atoms with Crippen LogP contribution in [0.4, 0.5) is 5.95 Å². The average molecular weight is 312 g/mol. The molecule has 2 fully saturated rings. The minimum Gasteiger partial charge on any atom is -0.319 e. The Morgan fingerprint density at radius 1 is 1.00 bits per heavy atom. The maximum absolute atomic E-state index is 4.87. The first-order valence-electron chi connectivity index (χ1n) is 7.63. The second kappa shape index (κ2) is 6.89. The lowest BCUT2D eigenvalue weighted by molar-refractivity contribution is 0.449. The van der Waals surface area contributed by atoms with E-state index in [1.54, 1.807) is 23.1 Å². The second-order valence-corrected chi connectivity index (χ2v) is 7.48. The molecule has 110 valence electrons. The van der Waals surface area contributed by atoms with Gasteiger partial charge in [-0.3, -0.25) is 0 Å². The van der Waals surface area contributed by atoms with Gasteiger partial charge in [0.1, 0.15) is 0 Å². The summed E-state index contributed by atoms with van der Waals surface area (Å²) in [5.74, 6) is 0.952. The quantitative estimate of drug-likeness (QED) is 0.619. The number of rotatable bonds is 2. The van der Waals surface area contributed by atoms with E-state index in [0.717, 1.165) is 36.5 Å². The first-order chi connectivity index (χ1) is 9.86. The molecule has 0 amide bonds. The maximum atomic E-state index is 4.87. The lowest BCUT2D eigenvalue weighted by Gasteiger charge is -2.24. The predicted octanol–water partition coefficient (Wildman–Crippen LogP) is 2.21. The van der Waals surface area contributed by atoms with E-state index in [2.05, 4.69) is 15.7 Å². The van der Waals surface area contributed by atoms with Crippen LogP contribution in [0.5, 0.6) is 0 Å². The third-order valence-corrected chi connectivity index (χ3v) is 5.99. The molecule has 0 saturated carbocycles. The fraction of sp³-hybridized carbons (Fsp3) is 0.786. The maximum Gasteiger partial charge on any atom is 0.383 e. The van der Waals surface area contributed by atoms with Crippen LogP contribution in [-0.4, -0.2) is 42.4 Å². The summed E-state index contributed by atoms with van der Waals surface area (Å²) < 4.78 is 3.59. The number of piperidine rings is 2. The van der Waals surface area contributed by atoms with Crippen molar-refractivity contribution in [1.29, 1.82) is 0 Å². The molecule has 4 nitrogen and oxygen atoms in total. The molecule has 0 spiro atoms. The molecule has 0 bridgehead atoms. The normalized spacial score (nSPS) is 20.2. The molecule has 0 radical (unpaired) electrons. The summed E-state index contributed by atoms with van der Waals surface area (Å²) in [5.41, 5.74) is 0. The fourth-order valence-electron chi connectivity index (χ4n) is 2.86. The van der Waals surface area contributed by atoms with Crippen molar-refractivity contribution in [1.82, 2.24) is 14.5 Å². The van der Waals surface area contributed by atoms with Gasteiger partial charge in [-0.05, 0) is 56.1 Å². The molecular weight excluding hydrogens is 288 g/mol. The van der Waals surface area contributed by atoms with Crippen LogP contribution < -0.4 is 14.3 Å². The van der Waals surface area contributed by atoms with E-state index in [1.165, 1.54) is 43.3 Å². The van der Waals surface area contributed by atoms with Crippen LogP contribution in [0, 0.1) is 0 Å². The number of nitrogens with zero attached hydrogens (tertiary/aromatic N) is 4. The Bertz CT molecular complexity index is 512. The topological polar surface area (TPSA) is 32.0 Å². The largest absolute Gasteiger partial charge is 0.383 e. The summed E-state index contributed by atoms with van der Waals surface area (Å²) in [6, 6.07) is 0. The summed E-state index contributed by atoms with van der Waals surface area (Å²) in [4.78, 5) is 13.2. The molecule has 0 aromatic carbocycles. The Labute approximate surface area is 129 Å². The Hall–Kier alpha value is -0.620. The van der Waals surface area contributed by atoms with Crippen molar-refractivity contribution in [3.05, 3.63) is 4.80 Å². The van der Waals surface area contributed by atoms with Gasteiger partial charge in [-0.2, -0.15) is 4.98 Å².